The minimum absolute atomic E-state index is 0.0794. The van der Waals surface area contributed by atoms with Crippen LogP contribution in [0.15, 0.2) is 59.8 Å². The zero-order chi connectivity index (χ0) is 14.8. The van der Waals surface area contributed by atoms with Gasteiger partial charge in [-0.1, -0.05) is 29.8 Å². The molecule has 0 bridgehead atoms. The standard InChI is InChI=1S/C16H13ClN4/c17-14-4-2-1-3-13(14)10-21-8-7-11-9-12(16(18)20-19)5-6-15(11)21/h1-9,18-19H,10H2/p+1. The van der Waals surface area contributed by atoms with Gasteiger partial charge in [-0.25, -0.2) is 0 Å². The van der Waals surface area contributed by atoms with Gasteiger partial charge >= 0.3 is 0 Å². The van der Waals surface area contributed by atoms with Crippen LogP contribution in [0.5, 0.6) is 0 Å². The smallest absolute Gasteiger partial charge is 0.218 e. The van der Waals surface area contributed by atoms with E-state index in [0.29, 0.717) is 12.1 Å². The molecule has 0 atom stereocenters. The Hall–Kier alpha value is -2.46. The summed E-state index contributed by atoms with van der Waals surface area (Å²) in [5.74, 6) is 0.0794. The number of halogens is 1. The highest BCUT2D eigenvalue weighted by atomic mass is 35.5. The molecule has 0 radical (unpaired) electrons. The molecule has 0 aliphatic carbocycles. The topological polar surface area (TPSA) is 66.7 Å². The van der Waals surface area contributed by atoms with Crippen molar-refractivity contribution in [3.63, 3.8) is 0 Å². The molecule has 0 saturated heterocycles. The van der Waals surface area contributed by atoms with E-state index in [2.05, 4.69) is 9.68 Å². The number of amidine groups is 1. The molecule has 0 amide bonds. The summed E-state index contributed by atoms with van der Waals surface area (Å²) in [4.78, 5) is 0. The van der Waals surface area contributed by atoms with E-state index >= 15 is 0 Å². The number of hydrogen-bond acceptors (Lipinski definition) is 1. The summed E-state index contributed by atoms with van der Waals surface area (Å²) in [5.41, 5.74) is 8.02. The molecular weight excluding hydrogens is 284 g/mol. The predicted molar refractivity (Wildman–Crippen MR) is 83.7 cm³/mol. The van der Waals surface area contributed by atoms with Gasteiger partial charge in [-0.05, 0) is 35.9 Å². The van der Waals surface area contributed by atoms with Crippen LogP contribution in [0.1, 0.15) is 11.1 Å². The van der Waals surface area contributed by atoms with Gasteiger partial charge in [0.1, 0.15) is 0 Å². The fourth-order valence-corrected chi connectivity index (χ4v) is 2.57. The lowest BCUT2D eigenvalue weighted by molar-refractivity contribution is -0.207. The quantitative estimate of drug-likeness (QED) is 0.424. The second-order valence-corrected chi connectivity index (χ2v) is 5.19. The number of nitrogens with zero attached hydrogens (tertiary/aromatic N) is 2. The highest BCUT2D eigenvalue weighted by Crippen LogP contribution is 2.22. The Morgan fingerprint density at radius 3 is 2.76 bits per heavy atom. The van der Waals surface area contributed by atoms with Gasteiger partial charge < -0.3 is 4.57 Å². The number of nitrogens with one attached hydrogen (secondary N) is 1. The van der Waals surface area contributed by atoms with Gasteiger partial charge in [0.25, 0.3) is 0 Å². The van der Waals surface area contributed by atoms with Crippen LogP contribution < -0.4 is 5.53 Å². The molecule has 0 unspecified atom stereocenters. The Morgan fingerprint density at radius 1 is 1.19 bits per heavy atom. The fraction of sp³-hybridized carbons (Fsp3) is 0.0625. The summed E-state index contributed by atoms with van der Waals surface area (Å²) in [6.07, 6.45) is 2.01. The summed E-state index contributed by atoms with van der Waals surface area (Å²) in [6, 6.07) is 15.6. The van der Waals surface area contributed by atoms with Crippen LogP contribution in [0, 0.1) is 5.41 Å². The first kappa shape index (κ1) is 13.5. The van der Waals surface area contributed by atoms with Crippen LogP contribution in [0.3, 0.4) is 0 Å². The van der Waals surface area contributed by atoms with E-state index in [-0.39, 0.29) is 5.84 Å². The average Bonchev–Trinajstić information content (AvgIpc) is 2.91. The summed E-state index contributed by atoms with van der Waals surface area (Å²) < 4.78 is 2.13. The van der Waals surface area contributed by atoms with Gasteiger partial charge in [0, 0.05) is 39.3 Å². The van der Waals surface area contributed by atoms with Gasteiger partial charge in [0.2, 0.25) is 5.84 Å². The Balaban J connectivity index is 1.99. The molecule has 104 valence electrons. The highest BCUT2D eigenvalue weighted by Gasteiger charge is 2.07. The van der Waals surface area contributed by atoms with Gasteiger partial charge in [-0.15, -0.1) is 0 Å². The molecule has 4 nitrogen and oxygen atoms in total. The lowest BCUT2D eigenvalue weighted by Gasteiger charge is -2.07. The average molecular weight is 298 g/mol. The lowest BCUT2D eigenvalue weighted by atomic mass is 10.1. The second-order valence-electron chi connectivity index (χ2n) is 4.79. The molecule has 2 aromatic carbocycles. The van der Waals surface area contributed by atoms with Crippen LogP contribution >= 0.6 is 11.6 Å². The molecule has 3 aromatic rings. The molecule has 0 saturated carbocycles. The molecule has 1 heterocycles. The van der Waals surface area contributed by atoms with Crippen molar-refractivity contribution >= 4 is 28.3 Å². The van der Waals surface area contributed by atoms with Crippen LogP contribution in [-0.2, 0) is 6.54 Å². The Morgan fingerprint density at radius 2 is 2.00 bits per heavy atom. The monoisotopic (exact) mass is 297 g/mol. The molecule has 21 heavy (non-hydrogen) atoms. The Kier molecular flexibility index (Phi) is 3.54. The van der Waals surface area contributed by atoms with Crippen molar-refractivity contribution in [2.75, 3.05) is 0 Å². The highest BCUT2D eigenvalue weighted by molar-refractivity contribution is 6.31. The van der Waals surface area contributed by atoms with E-state index in [1.807, 2.05) is 54.7 Å². The zero-order valence-corrected chi connectivity index (χ0v) is 12.0. The number of fused-ring (bicyclic) bond motifs is 1. The molecule has 0 aliphatic heterocycles. The van der Waals surface area contributed by atoms with Crippen molar-refractivity contribution in [2.24, 2.45) is 5.11 Å². The van der Waals surface area contributed by atoms with E-state index in [9.17, 15) is 0 Å². The van der Waals surface area contributed by atoms with Gasteiger partial charge in [-0.2, -0.15) is 5.53 Å². The third kappa shape index (κ3) is 2.58. The van der Waals surface area contributed by atoms with Crippen molar-refractivity contribution in [1.82, 2.24) is 4.57 Å². The third-order valence-electron chi connectivity index (χ3n) is 3.47. The van der Waals surface area contributed by atoms with E-state index in [4.69, 9.17) is 22.5 Å². The molecule has 3 N–H and O–H groups in total. The van der Waals surface area contributed by atoms with Crippen LogP contribution in [0.25, 0.3) is 10.9 Å². The van der Waals surface area contributed by atoms with Crippen molar-refractivity contribution in [3.05, 3.63) is 70.9 Å². The number of benzene rings is 2. The van der Waals surface area contributed by atoms with Crippen molar-refractivity contribution in [3.8, 4) is 0 Å². The number of hydrogen-bond donors (Lipinski definition) is 2. The summed E-state index contributed by atoms with van der Waals surface area (Å²) >= 11 is 6.21. The minimum atomic E-state index is 0.0794. The third-order valence-corrected chi connectivity index (χ3v) is 3.84. The molecule has 0 spiro atoms. The van der Waals surface area contributed by atoms with Crippen molar-refractivity contribution < 1.29 is 5.53 Å². The normalized spacial score (nSPS) is 10.7. The molecular formula is C16H14ClN4+. The lowest BCUT2D eigenvalue weighted by Crippen LogP contribution is -2.26. The fourth-order valence-electron chi connectivity index (χ4n) is 2.37. The van der Waals surface area contributed by atoms with Crippen LogP contribution in [-0.4, -0.2) is 10.4 Å². The molecule has 3 rings (SSSR count). The van der Waals surface area contributed by atoms with Crippen molar-refractivity contribution in [2.45, 2.75) is 6.54 Å². The minimum Gasteiger partial charge on any atom is -0.343 e. The molecule has 0 aliphatic rings. The summed E-state index contributed by atoms with van der Waals surface area (Å²) in [5, 5.41) is 12.9. The van der Waals surface area contributed by atoms with E-state index in [1.54, 1.807) is 0 Å². The Bertz CT molecular complexity index is 835. The number of nitrogens with two attached hydrogens (primary N) is 1. The first-order valence-electron chi connectivity index (χ1n) is 6.51. The number of rotatable bonds is 3. The summed E-state index contributed by atoms with van der Waals surface area (Å²) in [7, 11) is 0. The molecule has 0 fully saturated rings. The van der Waals surface area contributed by atoms with Gasteiger partial charge in [0.05, 0.1) is 0 Å². The predicted octanol–water partition coefficient (Wildman–Crippen LogP) is 2.88. The zero-order valence-electron chi connectivity index (χ0n) is 11.3. The second kappa shape index (κ2) is 5.50. The Labute approximate surface area is 127 Å². The summed E-state index contributed by atoms with van der Waals surface area (Å²) in [6.45, 7) is 0.710. The van der Waals surface area contributed by atoms with E-state index in [1.165, 1.54) is 0 Å². The van der Waals surface area contributed by atoms with Gasteiger partial charge in [-0.3, -0.25) is 5.41 Å². The van der Waals surface area contributed by atoms with E-state index < -0.39 is 0 Å². The first-order chi connectivity index (χ1) is 10.2. The SMILES string of the molecule is N=C(N=[NH2+])c1ccc2c(ccn2Cc2ccccc2Cl)c1. The van der Waals surface area contributed by atoms with Crippen LogP contribution in [0.4, 0.5) is 0 Å². The van der Waals surface area contributed by atoms with Gasteiger partial charge in [0.15, 0.2) is 0 Å². The number of aromatic nitrogens is 1. The maximum Gasteiger partial charge on any atom is 0.218 e. The van der Waals surface area contributed by atoms with Crippen molar-refractivity contribution in [1.29, 1.82) is 5.41 Å². The van der Waals surface area contributed by atoms with Crippen LogP contribution in [0.2, 0.25) is 5.02 Å². The molecule has 5 heteroatoms. The first-order valence-corrected chi connectivity index (χ1v) is 6.89. The maximum absolute atomic E-state index is 7.65. The largest absolute Gasteiger partial charge is 0.343 e. The maximum atomic E-state index is 7.65. The van der Waals surface area contributed by atoms with E-state index in [0.717, 1.165) is 21.5 Å². The molecule has 1 aromatic heterocycles.